The molecule has 0 N–H and O–H groups in total. The van der Waals surface area contributed by atoms with Gasteiger partial charge in [0.2, 0.25) is 0 Å². The van der Waals surface area contributed by atoms with Crippen molar-refractivity contribution in [2.75, 3.05) is 0 Å². The van der Waals surface area contributed by atoms with Gasteiger partial charge in [0, 0.05) is 0 Å². The fourth-order valence-electron chi connectivity index (χ4n) is 1.30. The predicted molar refractivity (Wildman–Crippen MR) is 83.4 cm³/mol. The molecular formula is C19H19Cr. The summed E-state index contributed by atoms with van der Waals surface area (Å²) in [7, 11) is 0. The van der Waals surface area contributed by atoms with Crippen LogP contribution in [-0.4, -0.2) is 0 Å². The molecule has 0 saturated carbocycles. The standard InChI is InChI=1S/2C7H7.C5H5.Cr/c2*1-7-5-3-2-4-6-7;1-2-4-5-3-1;/h2*2-6H,1H2;1-3H,4H2;/q3*-1;+3. The van der Waals surface area contributed by atoms with Crippen molar-refractivity contribution in [3.63, 3.8) is 0 Å². The van der Waals surface area contributed by atoms with Gasteiger partial charge in [-0.1, -0.05) is 12.1 Å². The van der Waals surface area contributed by atoms with E-state index in [0.29, 0.717) is 0 Å². The van der Waals surface area contributed by atoms with Gasteiger partial charge in [0.1, 0.15) is 0 Å². The summed E-state index contributed by atoms with van der Waals surface area (Å²) in [6, 6.07) is 19.7. The van der Waals surface area contributed by atoms with E-state index in [2.05, 4.69) is 26.0 Å². The molecule has 1 heteroatoms. The number of rotatable bonds is 0. The van der Waals surface area contributed by atoms with E-state index in [-0.39, 0.29) is 17.4 Å². The second-order valence-corrected chi connectivity index (χ2v) is 3.97. The molecule has 0 nitrogen and oxygen atoms in total. The first kappa shape index (κ1) is 18.2. The van der Waals surface area contributed by atoms with Crippen molar-refractivity contribution >= 4 is 0 Å². The van der Waals surface area contributed by atoms with Crippen LogP contribution in [0, 0.1) is 19.9 Å². The van der Waals surface area contributed by atoms with Gasteiger partial charge >= 0.3 is 17.4 Å². The quantitative estimate of drug-likeness (QED) is 0.598. The van der Waals surface area contributed by atoms with Crippen LogP contribution in [0.2, 0.25) is 0 Å². The zero-order valence-corrected chi connectivity index (χ0v) is 12.8. The molecule has 101 valence electrons. The van der Waals surface area contributed by atoms with Gasteiger partial charge < -0.3 is 0 Å². The second kappa shape index (κ2) is 12.2. The molecule has 3 rings (SSSR count). The summed E-state index contributed by atoms with van der Waals surface area (Å²) in [6.45, 7) is 7.44. The van der Waals surface area contributed by atoms with Crippen LogP contribution in [0.15, 0.2) is 78.9 Å². The molecule has 2 aromatic carbocycles. The van der Waals surface area contributed by atoms with Gasteiger partial charge in [0.15, 0.2) is 0 Å². The van der Waals surface area contributed by atoms with Crippen molar-refractivity contribution in [2.45, 2.75) is 6.42 Å². The summed E-state index contributed by atoms with van der Waals surface area (Å²) in [6.07, 6.45) is 10.0. The normalized spacial score (nSPS) is 10.4. The van der Waals surface area contributed by atoms with Crippen LogP contribution in [0.5, 0.6) is 0 Å². The topological polar surface area (TPSA) is 0 Å². The van der Waals surface area contributed by atoms with E-state index in [9.17, 15) is 0 Å². The third-order valence-electron chi connectivity index (χ3n) is 2.27. The van der Waals surface area contributed by atoms with Crippen LogP contribution < -0.4 is 0 Å². The Bertz CT molecular complexity index is 436. The molecule has 0 atom stereocenters. The molecule has 1 aliphatic rings. The first-order chi connectivity index (χ1) is 9.29. The van der Waals surface area contributed by atoms with E-state index in [0.717, 1.165) is 17.5 Å². The van der Waals surface area contributed by atoms with Gasteiger partial charge in [0.05, 0.1) is 0 Å². The van der Waals surface area contributed by atoms with Crippen LogP contribution >= 0.6 is 0 Å². The molecule has 1 radical (unpaired) electrons. The molecule has 0 aromatic heterocycles. The average molecular weight is 299 g/mol. The molecule has 2 aromatic rings. The minimum atomic E-state index is 0. The van der Waals surface area contributed by atoms with Crippen LogP contribution in [0.25, 0.3) is 0 Å². The van der Waals surface area contributed by atoms with Crippen molar-refractivity contribution in [3.05, 3.63) is 110 Å². The van der Waals surface area contributed by atoms with Gasteiger partial charge in [-0.05, 0) is 0 Å². The molecule has 0 aliphatic heterocycles. The summed E-state index contributed by atoms with van der Waals surface area (Å²) in [5, 5.41) is 0. The van der Waals surface area contributed by atoms with Crippen molar-refractivity contribution in [1.82, 2.24) is 0 Å². The fourth-order valence-corrected chi connectivity index (χ4v) is 1.30. The fraction of sp³-hybridized carbons (Fsp3) is 0.0526. The minimum Gasteiger partial charge on any atom is -0.273 e. The minimum absolute atomic E-state index is 0. The third kappa shape index (κ3) is 10.1. The Hall–Kier alpha value is -1.81. The Morgan fingerprint density at radius 1 is 0.750 bits per heavy atom. The third-order valence-corrected chi connectivity index (χ3v) is 2.27. The molecule has 0 saturated heterocycles. The number of hydrogen-bond donors (Lipinski definition) is 0. The molecule has 0 fully saturated rings. The zero-order chi connectivity index (χ0) is 13.8. The summed E-state index contributed by atoms with van der Waals surface area (Å²) in [5.74, 6) is 0. The first-order valence-corrected chi connectivity index (χ1v) is 6.25. The number of hydrogen-bond acceptors (Lipinski definition) is 0. The van der Waals surface area contributed by atoms with Crippen molar-refractivity contribution in [2.24, 2.45) is 0 Å². The van der Waals surface area contributed by atoms with E-state index in [4.69, 9.17) is 0 Å². The average Bonchev–Trinajstić information content (AvgIpc) is 3.00. The SMILES string of the molecule is [C-]1=CC=CC1.[CH2-]c1ccccc1.[CH2-]c1ccccc1.[Cr+3]. The number of benzene rings is 2. The Kier molecular flexibility index (Phi) is 11.1. The van der Waals surface area contributed by atoms with Gasteiger partial charge in [-0.2, -0.15) is 55.3 Å². The Morgan fingerprint density at radius 2 is 1.20 bits per heavy atom. The van der Waals surface area contributed by atoms with Crippen LogP contribution in [-0.2, 0) is 17.4 Å². The van der Waals surface area contributed by atoms with Crippen molar-refractivity contribution in [1.29, 1.82) is 0 Å². The maximum atomic E-state index is 3.72. The van der Waals surface area contributed by atoms with Crippen LogP contribution in [0.3, 0.4) is 0 Å². The molecule has 20 heavy (non-hydrogen) atoms. The summed E-state index contributed by atoms with van der Waals surface area (Å²) < 4.78 is 0. The Balaban J connectivity index is 0.000000268. The largest absolute Gasteiger partial charge is 3.00 e. The van der Waals surface area contributed by atoms with Gasteiger partial charge in [-0.3, -0.25) is 6.08 Å². The van der Waals surface area contributed by atoms with E-state index >= 15 is 0 Å². The van der Waals surface area contributed by atoms with E-state index in [1.807, 2.05) is 72.8 Å². The summed E-state index contributed by atoms with van der Waals surface area (Å²) in [5.41, 5.74) is 2.14. The van der Waals surface area contributed by atoms with Crippen LogP contribution in [0.4, 0.5) is 0 Å². The monoisotopic (exact) mass is 299 g/mol. The number of allylic oxidation sites excluding steroid dienone is 4. The maximum Gasteiger partial charge on any atom is 3.00 e. The smallest absolute Gasteiger partial charge is 0.273 e. The van der Waals surface area contributed by atoms with Gasteiger partial charge in [-0.15, -0.1) is 30.7 Å². The molecule has 0 heterocycles. The second-order valence-electron chi connectivity index (χ2n) is 3.97. The summed E-state index contributed by atoms with van der Waals surface area (Å²) in [4.78, 5) is 0. The first-order valence-electron chi connectivity index (χ1n) is 6.25. The molecular weight excluding hydrogens is 280 g/mol. The Morgan fingerprint density at radius 3 is 1.35 bits per heavy atom. The zero-order valence-electron chi connectivity index (χ0n) is 11.5. The van der Waals surface area contributed by atoms with Gasteiger partial charge in [0.25, 0.3) is 0 Å². The van der Waals surface area contributed by atoms with Gasteiger partial charge in [-0.25, -0.2) is 12.2 Å². The summed E-state index contributed by atoms with van der Waals surface area (Å²) >= 11 is 0. The molecule has 0 amide bonds. The molecule has 0 unspecified atom stereocenters. The molecule has 0 bridgehead atoms. The molecule has 0 spiro atoms. The predicted octanol–water partition coefficient (Wildman–Crippen LogP) is 5.04. The Labute approximate surface area is 134 Å². The van der Waals surface area contributed by atoms with Crippen LogP contribution in [0.1, 0.15) is 17.5 Å². The van der Waals surface area contributed by atoms with Crippen molar-refractivity contribution < 1.29 is 17.4 Å². The maximum absolute atomic E-state index is 3.72. The van der Waals surface area contributed by atoms with E-state index in [1.165, 1.54) is 0 Å². The van der Waals surface area contributed by atoms with E-state index < -0.39 is 0 Å². The van der Waals surface area contributed by atoms with Crippen molar-refractivity contribution in [3.8, 4) is 0 Å². The van der Waals surface area contributed by atoms with E-state index in [1.54, 1.807) is 0 Å². The molecule has 1 aliphatic carbocycles.